The number of guanidine groups is 1. The Morgan fingerprint density at radius 2 is 1.58 bits per heavy atom. The molecule has 0 aliphatic rings. The lowest BCUT2D eigenvalue weighted by Gasteiger charge is -2.08. The number of hydrogen-bond donors (Lipinski definition) is 4. The summed E-state index contributed by atoms with van der Waals surface area (Å²) >= 11 is 0. The van der Waals surface area contributed by atoms with Crippen molar-refractivity contribution in [2.45, 2.75) is 12.8 Å². The molecule has 0 aromatic heterocycles. The summed E-state index contributed by atoms with van der Waals surface area (Å²) in [6, 6.07) is 14.2. The number of nitrogens with two attached hydrogens (primary N) is 3. The molecule has 0 aliphatic carbocycles. The molecule has 0 radical (unpaired) electrons. The second kappa shape index (κ2) is 8.54. The van der Waals surface area contributed by atoms with Gasteiger partial charge in [-0.3, -0.25) is 4.79 Å². The highest BCUT2D eigenvalue weighted by atomic mass is 16.5. The maximum atomic E-state index is 11.6. The van der Waals surface area contributed by atoms with E-state index in [-0.39, 0.29) is 11.9 Å². The zero-order valence-corrected chi connectivity index (χ0v) is 13.2. The van der Waals surface area contributed by atoms with Crippen molar-refractivity contribution in [3.05, 3.63) is 48.5 Å². The van der Waals surface area contributed by atoms with E-state index in [1.54, 1.807) is 48.5 Å². The number of amides is 1. The summed E-state index contributed by atoms with van der Waals surface area (Å²) in [5.41, 5.74) is 17.4. The Morgan fingerprint density at radius 1 is 1.00 bits per heavy atom. The Bertz CT molecular complexity index is 692. The molecule has 126 valence electrons. The van der Waals surface area contributed by atoms with Gasteiger partial charge in [0.15, 0.2) is 5.96 Å². The fourth-order valence-corrected chi connectivity index (χ4v) is 1.97. The van der Waals surface area contributed by atoms with Crippen molar-refractivity contribution < 1.29 is 9.53 Å². The smallest absolute Gasteiger partial charge is 0.224 e. The lowest BCUT2D eigenvalue weighted by atomic mass is 10.2. The van der Waals surface area contributed by atoms with Crippen LogP contribution in [0.25, 0.3) is 0 Å². The van der Waals surface area contributed by atoms with Crippen molar-refractivity contribution in [3.8, 4) is 11.5 Å². The summed E-state index contributed by atoms with van der Waals surface area (Å²) in [6.07, 6.45) is 1.08. The van der Waals surface area contributed by atoms with Crippen LogP contribution in [0.1, 0.15) is 12.8 Å². The zero-order chi connectivity index (χ0) is 17.4. The highest BCUT2D eigenvalue weighted by Gasteiger charge is 2.03. The number of hydrogen-bond acceptors (Lipinski definition) is 4. The average molecular weight is 327 g/mol. The van der Waals surface area contributed by atoms with E-state index in [4.69, 9.17) is 21.9 Å². The van der Waals surface area contributed by atoms with Crippen LogP contribution in [0.3, 0.4) is 0 Å². The van der Waals surface area contributed by atoms with Crippen LogP contribution in [-0.4, -0.2) is 18.4 Å². The van der Waals surface area contributed by atoms with Crippen LogP contribution in [0, 0.1) is 0 Å². The molecule has 2 aromatic carbocycles. The highest BCUT2D eigenvalue weighted by Crippen LogP contribution is 2.25. The van der Waals surface area contributed by atoms with Crippen LogP contribution < -0.4 is 27.3 Å². The molecular formula is C17H21N5O2. The van der Waals surface area contributed by atoms with Gasteiger partial charge in [-0.25, -0.2) is 4.99 Å². The van der Waals surface area contributed by atoms with Gasteiger partial charge in [-0.1, -0.05) is 0 Å². The van der Waals surface area contributed by atoms with E-state index in [0.29, 0.717) is 42.3 Å². The summed E-state index contributed by atoms with van der Waals surface area (Å²) in [4.78, 5) is 15.6. The Kier molecular flexibility index (Phi) is 6.16. The van der Waals surface area contributed by atoms with Gasteiger partial charge in [0.2, 0.25) is 5.91 Å². The van der Waals surface area contributed by atoms with Crippen molar-refractivity contribution in [3.63, 3.8) is 0 Å². The topological polar surface area (TPSA) is 129 Å². The van der Waals surface area contributed by atoms with Crippen molar-refractivity contribution in [1.29, 1.82) is 0 Å². The maximum Gasteiger partial charge on any atom is 0.224 e. The number of nitrogens with one attached hydrogen (secondary N) is 1. The van der Waals surface area contributed by atoms with E-state index in [9.17, 15) is 4.79 Å². The number of nitrogens with zero attached hydrogens (tertiary/aromatic N) is 1. The van der Waals surface area contributed by atoms with E-state index >= 15 is 0 Å². The second-order valence-corrected chi connectivity index (χ2v) is 5.10. The largest absolute Gasteiger partial charge is 0.457 e. The van der Waals surface area contributed by atoms with Crippen LogP contribution in [-0.2, 0) is 4.79 Å². The molecule has 0 aliphatic heterocycles. The number of rotatable bonds is 7. The van der Waals surface area contributed by atoms with Crippen molar-refractivity contribution >= 4 is 23.2 Å². The van der Waals surface area contributed by atoms with Crippen molar-refractivity contribution in [1.82, 2.24) is 0 Å². The highest BCUT2D eigenvalue weighted by molar-refractivity contribution is 5.90. The molecule has 0 atom stereocenters. The van der Waals surface area contributed by atoms with Crippen LogP contribution in [0.5, 0.6) is 11.5 Å². The number of anilines is 1. The lowest BCUT2D eigenvalue weighted by molar-refractivity contribution is -0.116. The average Bonchev–Trinajstić information content (AvgIpc) is 2.56. The predicted octanol–water partition coefficient (Wildman–Crippen LogP) is 2.06. The van der Waals surface area contributed by atoms with Gasteiger partial charge in [0.1, 0.15) is 11.5 Å². The fourth-order valence-electron chi connectivity index (χ4n) is 1.97. The van der Waals surface area contributed by atoms with Crippen molar-refractivity contribution in [2.75, 3.05) is 11.9 Å². The quantitative estimate of drug-likeness (QED) is 0.457. The van der Waals surface area contributed by atoms with Crippen LogP contribution >= 0.6 is 0 Å². The van der Waals surface area contributed by atoms with Crippen LogP contribution in [0.4, 0.5) is 11.4 Å². The zero-order valence-electron chi connectivity index (χ0n) is 13.2. The molecule has 0 saturated heterocycles. The minimum absolute atomic E-state index is 0.00719. The number of ether oxygens (including phenoxy) is 1. The summed E-state index contributed by atoms with van der Waals surface area (Å²) in [5.74, 6) is 1.27. The van der Waals surface area contributed by atoms with Crippen molar-refractivity contribution in [2.24, 2.45) is 22.2 Å². The molecule has 2 rings (SSSR count). The maximum absolute atomic E-state index is 11.6. The van der Waals surface area contributed by atoms with E-state index in [1.165, 1.54) is 0 Å². The molecule has 0 saturated carbocycles. The number of aliphatic imine (C=N–C) groups is 1. The molecule has 7 N–H and O–H groups in total. The molecule has 2 aromatic rings. The minimum Gasteiger partial charge on any atom is -0.457 e. The van der Waals surface area contributed by atoms with Gasteiger partial charge in [-0.2, -0.15) is 0 Å². The summed E-state index contributed by atoms with van der Waals surface area (Å²) in [6.45, 7) is 0.502. The first-order valence-corrected chi connectivity index (χ1v) is 7.54. The Morgan fingerprint density at radius 3 is 2.12 bits per heavy atom. The van der Waals surface area contributed by atoms with E-state index in [2.05, 4.69) is 10.3 Å². The summed E-state index contributed by atoms with van der Waals surface area (Å²) in [5, 5.41) is 2.80. The van der Waals surface area contributed by atoms with E-state index in [0.717, 1.165) is 0 Å². The van der Waals surface area contributed by atoms with E-state index < -0.39 is 0 Å². The molecule has 0 spiro atoms. The van der Waals surface area contributed by atoms with Crippen LogP contribution in [0.15, 0.2) is 53.5 Å². The molecule has 0 bridgehead atoms. The van der Waals surface area contributed by atoms with Gasteiger partial charge >= 0.3 is 0 Å². The van der Waals surface area contributed by atoms with Gasteiger partial charge in [0.25, 0.3) is 0 Å². The molecular weight excluding hydrogens is 306 g/mol. The van der Waals surface area contributed by atoms with Gasteiger partial charge in [-0.05, 0) is 61.5 Å². The van der Waals surface area contributed by atoms with Gasteiger partial charge < -0.3 is 27.3 Å². The van der Waals surface area contributed by atoms with Crippen LogP contribution in [0.2, 0.25) is 0 Å². The Labute approximate surface area is 140 Å². The van der Waals surface area contributed by atoms with E-state index in [1.807, 2.05) is 0 Å². The summed E-state index contributed by atoms with van der Waals surface area (Å²) in [7, 11) is 0. The standard InChI is InChI=1S/C17H21N5O2/c18-11-1-2-16(23)21-12-3-7-14(8-4-12)24-15-9-5-13(6-10-15)22-17(19)20/h3-10H,1-2,11,18H2,(H,21,23)(H4,19,20,22). The third kappa shape index (κ3) is 5.62. The SMILES string of the molecule is NCCCC(=O)Nc1ccc(Oc2ccc(N=C(N)N)cc2)cc1. The number of benzene rings is 2. The Balaban J connectivity index is 1.94. The summed E-state index contributed by atoms with van der Waals surface area (Å²) < 4.78 is 5.72. The lowest BCUT2D eigenvalue weighted by Crippen LogP contribution is -2.21. The molecule has 7 nitrogen and oxygen atoms in total. The third-order valence-electron chi connectivity index (χ3n) is 3.08. The van der Waals surface area contributed by atoms with Gasteiger partial charge in [0, 0.05) is 12.1 Å². The Hall–Kier alpha value is -3.06. The third-order valence-corrected chi connectivity index (χ3v) is 3.08. The van der Waals surface area contributed by atoms with Gasteiger partial charge in [-0.15, -0.1) is 0 Å². The predicted molar refractivity (Wildman–Crippen MR) is 95.3 cm³/mol. The normalized spacial score (nSPS) is 10.0. The molecule has 24 heavy (non-hydrogen) atoms. The van der Waals surface area contributed by atoms with Gasteiger partial charge in [0.05, 0.1) is 5.69 Å². The first-order chi connectivity index (χ1) is 11.6. The molecule has 1 amide bonds. The minimum atomic E-state index is -0.0514. The number of carbonyl (C=O) groups is 1. The molecule has 0 fully saturated rings. The first kappa shape index (κ1) is 17.3. The molecule has 7 heteroatoms. The first-order valence-electron chi connectivity index (χ1n) is 7.54. The number of carbonyl (C=O) groups excluding carboxylic acids is 1. The fraction of sp³-hybridized carbons (Fsp3) is 0.176. The second-order valence-electron chi connectivity index (χ2n) is 5.10. The molecule has 0 heterocycles. The molecule has 0 unspecified atom stereocenters. The monoisotopic (exact) mass is 327 g/mol.